The Labute approximate surface area is 91.1 Å². The highest BCUT2D eigenvalue weighted by Gasteiger charge is 2.22. The van der Waals surface area contributed by atoms with Crippen molar-refractivity contribution in [3.63, 3.8) is 0 Å². The highest BCUT2D eigenvalue weighted by molar-refractivity contribution is 5.81. The lowest BCUT2D eigenvalue weighted by atomic mass is 9.95. The normalized spacial score (nSPS) is 13.3. The van der Waals surface area contributed by atoms with E-state index in [4.69, 9.17) is 5.11 Å². The number of aliphatic carboxylic acids is 1. The first kappa shape index (κ1) is 13.9. The molecule has 1 atom stereocenters. The third kappa shape index (κ3) is 6.94. The van der Waals surface area contributed by atoms with E-state index >= 15 is 0 Å². The lowest BCUT2D eigenvalue weighted by Gasteiger charge is -2.21. The molecule has 0 saturated heterocycles. The Morgan fingerprint density at radius 1 is 1.33 bits per heavy atom. The van der Waals surface area contributed by atoms with Gasteiger partial charge in [-0.25, -0.2) is 0 Å². The Balaban J connectivity index is 3.79. The summed E-state index contributed by atoms with van der Waals surface area (Å²) in [4.78, 5) is 21.8. The van der Waals surface area contributed by atoms with E-state index in [2.05, 4.69) is 5.32 Å². The van der Waals surface area contributed by atoms with E-state index < -0.39 is 5.97 Å². The highest BCUT2D eigenvalue weighted by atomic mass is 16.4. The standard InChI is InChI=1S/C11H21NO3/c1-8(6-5-7-9(13)14)12-10(15)11(2,3)4/h8H,5-7H2,1-4H3,(H,12,15)(H,13,14). The number of rotatable bonds is 5. The molecule has 0 aromatic heterocycles. The third-order valence-electron chi connectivity index (χ3n) is 2.09. The Morgan fingerprint density at radius 3 is 2.27 bits per heavy atom. The SMILES string of the molecule is CC(CCCC(=O)O)NC(=O)C(C)(C)C. The van der Waals surface area contributed by atoms with Crippen molar-refractivity contribution in [1.82, 2.24) is 5.32 Å². The van der Waals surface area contributed by atoms with Gasteiger partial charge in [-0.2, -0.15) is 0 Å². The minimum Gasteiger partial charge on any atom is -0.481 e. The molecule has 0 radical (unpaired) electrons. The topological polar surface area (TPSA) is 66.4 Å². The number of carboxylic acids is 1. The van der Waals surface area contributed by atoms with Crippen molar-refractivity contribution in [2.24, 2.45) is 5.41 Å². The van der Waals surface area contributed by atoms with Crippen LogP contribution in [-0.2, 0) is 9.59 Å². The summed E-state index contributed by atoms with van der Waals surface area (Å²) in [7, 11) is 0. The molecule has 0 saturated carbocycles. The maximum Gasteiger partial charge on any atom is 0.303 e. The van der Waals surface area contributed by atoms with Crippen LogP contribution in [0.2, 0.25) is 0 Å². The summed E-state index contributed by atoms with van der Waals surface area (Å²) in [5, 5.41) is 11.3. The van der Waals surface area contributed by atoms with Gasteiger partial charge in [-0.15, -0.1) is 0 Å². The van der Waals surface area contributed by atoms with Gasteiger partial charge >= 0.3 is 5.97 Å². The van der Waals surface area contributed by atoms with E-state index in [0.29, 0.717) is 12.8 Å². The minimum absolute atomic E-state index is 0.00493. The van der Waals surface area contributed by atoms with Gasteiger partial charge in [0.05, 0.1) is 0 Å². The number of nitrogens with one attached hydrogen (secondary N) is 1. The van der Waals surface area contributed by atoms with Crippen LogP contribution in [0.25, 0.3) is 0 Å². The molecule has 88 valence electrons. The molecule has 0 heterocycles. The number of amides is 1. The van der Waals surface area contributed by atoms with Crippen molar-refractivity contribution >= 4 is 11.9 Å². The molecule has 4 heteroatoms. The van der Waals surface area contributed by atoms with Crippen molar-refractivity contribution in [2.75, 3.05) is 0 Å². The third-order valence-corrected chi connectivity index (χ3v) is 2.09. The van der Waals surface area contributed by atoms with Crippen LogP contribution in [0.3, 0.4) is 0 Å². The highest BCUT2D eigenvalue weighted by Crippen LogP contribution is 2.13. The zero-order valence-corrected chi connectivity index (χ0v) is 9.96. The molecule has 2 N–H and O–H groups in total. The molecule has 0 aromatic carbocycles. The monoisotopic (exact) mass is 215 g/mol. The molecule has 0 aliphatic rings. The summed E-state index contributed by atoms with van der Waals surface area (Å²) in [6.07, 6.45) is 1.46. The Bertz CT molecular complexity index is 230. The summed E-state index contributed by atoms with van der Waals surface area (Å²) < 4.78 is 0. The summed E-state index contributed by atoms with van der Waals surface area (Å²) in [6.45, 7) is 7.45. The first-order valence-electron chi connectivity index (χ1n) is 5.26. The first-order chi connectivity index (χ1) is 6.73. The van der Waals surface area contributed by atoms with Gasteiger partial charge in [-0.05, 0) is 19.8 Å². The van der Waals surface area contributed by atoms with Crippen LogP contribution in [0.5, 0.6) is 0 Å². The van der Waals surface area contributed by atoms with E-state index in [1.807, 2.05) is 27.7 Å². The van der Waals surface area contributed by atoms with Crippen LogP contribution in [0, 0.1) is 5.41 Å². The lowest BCUT2D eigenvalue weighted by Crippen LogP contribution is -2.40. The van der Waals surface area contributed by atoms with Gasteiger partial charge in [0.1, 0.15) is 0 Å². The fraction of sp³-hybridized carbons (Fsp3) is 0.818. The van der Waals surface area contributed by atoms with Gasteiger partial charge < -0.3 is 10.4 Å². The van der Waals surface area contributed by atoms with Gasteiger partial charge in [0.2, 0.25) is 5.91 Å². The largest absolute Gasteiger partial charge is 0.481 e. The summed E-state index contributed by atoms with van der Waals surface area (Å²) in [6, 6.07) is 0.0380. The van der Waals surface area contributed by atoms with Crippen LogP contribution in [0.15, 0.2) is 0 Å². The Morgan fingerprint density at radius 2 is 1.87 bits per heavy atom. The second-order valence-corrected chi connectivity index (χ2v) is 4.91. The molecular formula is C11H21NO3. The van der Waals surface area contributed by atoms with Crippen LogP contribution in [-0.4, -0.2) is 23.0 Å². The molecule has 0 aromatic rings. The Kier molecular flexibility index (Phi) is 5.33. The van der Waals surface area contributed by atoms with Crippen LogP contribution >= 0.6 is 0 Å². The van der Waals surface area contributed by atoms with Crippen LogP contribution in [0.4, 0.5) is 0 Å². The average Bonchev–Trinajstić information content (AvgIpc) is 2.01. The predicted octanol–water partition coefficient (Wildman–Crippen LogP) is 1.79. The van der Waals surface area contributed by atoms with Gasteiger partial charge in [0, 0.05) is 17.9 Å². The van der Waals surface area contributed by atoms with Crippen molar-refractivity contribution in [1.29, 1.82) is 0 Å². The van der Waals surface area contributed by atoms with Gasteiger partial charge in [-0.3, -0.25) is 9.59 Å². The number of carbonyl (C=O) groups is 2. The number of carbonyl (C=O) groups excluding carboxylic acids is 1. The minimum atomic E-state index is -0.788. The van der Waals surface area contributed by atoms with Crippen molar-refractivity contribution < 1.29 is 14.7 Å². The molecule has 1 unspecified atom stereocenters. The van der Waals surface area contributed by atoms with Crippen molar-refractivity contribution in [3.8, 4) is 0 Å². The van der Waals surface area contributed by atoms with Gasteiger partial charge in [0.25, 0.3) is 0 Å². The second-order valence-electron chi connectivity index (χ2n) is 4.91. The summed E-state index contributed by atoms with van der Waals surface area (Å²) in [5.41, 5.74) is -0.388. The second kappa shape index (κ2) is 5.73. The lowest BCUT2D eigenvalue weighted by molar-refractivity contribution is -0.137. The zero-order valence-electron chi connectivity index (χ0n) is 9.96. The molecule has 15 heavy (non-hydrogen) atoms. The van der Waals surface area contributed by atoms with E-state index in [1.54, 1.807) is 0 Å². The fourth-order valence-corrected chi connectivity index (χ4v) is 1.07. The van der Waals surface area contributed by atoms with Crippen LogP contribution < -0.4 is 5.32 Å². The van der Waals surface area contributed by atoms with Crippen molar-refractivity contribution in [2.45, 2.75) is 53.0 Å². The van der Waals surface area contributed by atoms with Crippen LogP contribution in [0.1, 0.15) is 47.0 Å². The molecule has 1 amide bonds. The zero-order chi connectivity index (χ0) is 12.1. The van der Waals surface area contributed by atoms with E-state index in [0.717, 1.165) is 0 Å². The number of carboxylic acid groups (broad SMARTS) is 1. The molecule has 4 nitrogen and oxygen atoms in total. The van der Waals surface area contributed by atoms with E-state index in [1.165, 1.54) is 0 Å². The average molecular weight is 215 g/mol. The summed E-state index contributed by atoms with van der Waals surface area (Å²) >= 11 is 0. The maximum atomic E-state index is 11.5. The molecule has 0 bridgehead atoms. The molecule has 0 aliphatic carbocycles. The molecule has 0 fully saturated rings. The maximum absolute atomic E-state index is 11.5. The Hall–Kier alpha value is -1.06. The molecular weight excluding hydrogens is 194 g/mol. The predicted molar refractivity (Wildman–Crippen MR) is 58.5 cm³/mol. The number of hydrogen-bond donors (Lipinski definition) is 2. The van der Waals surface area contributed by atoms with E-state index in [-0.39, 0.29) is 23.8 Å². The molecule has 0 aliphatic heterocycles. The smallest absolute Gasteiger partial charge is 0.303 e. The molecule has 0 rings (SSSR count). The molecule has 0 spiro atoms. The fourth-order valence-electron chi connectivity index (χ4n) is 1.07. The van der Waals surface area contributed by atoms with Gasteiger partial charge in [0.15, 0.2) is 0 Å². The quantitative estimate of drug-likeness (QED) is 0.734. The van der Waals surface area contributed by atoms with Gasteiger partial charge in [-0.1, -0.05) is 20.8 Å². The number of hydrogen-bond acceptors (Lipinski definition) is 2. The summed E-state index contributed by atoms with van der Waals surface area (Å²) in [5.74, 6) is -0.783. The van der Waals surface area contributed by atoms with Crippen molar-refractivity contribution in [3.05, 3.63) is 0 Å². The van der Waals surface area contributed by atoms with E-state index in [9.17, 15) is 9.59 Å². The first-order valence-corrected chi connectivity index (χ1v) is 5.26.